The molecule has 2 fully saturated rings. The van der Waals surface area contributed by atoms with Crippen molar-refractivity contribution in [2.75, 3.05) is 59.1 Å². The van der Waals surface area contributed by atoms with Crippen molar-refractivity contribution in [3.63, 3.8) is 0 Å². The van der Waals surface area contributed by atoms with Crippen LogP contribution in [-0.2, 0) is 28.7 Å². The van der Waals surface area contributed by atoms with Crippen LogP contribution in [0.3, 0.4) is 0 Å². The average molecular weight is 697 g/mol. The molecule has 0 bridgehead atoms. The van der Waals surface area contributed by atoms with Gasteiger partial charge in [-0.2, -0.15) is 0 Å². The van der Waals surface area contributed by atoms with Crippen LogP contribution in [0.15, 0.2) is 24.3 Å². The summed E-state index contributed by atoms with van der Waals surface area (Å²) in [6, 6.07) is 5.19. The molecule has 2 aliphatic rings. The van der Waals surface area contributed by atoms with Crippen molar-refractivity contribution in [3.05, 3.63) is 35.5 Å². The van der Waals surface area contributed by atoms with Crippen LogP contribution in [0.1, 0.15) is 68.9 Å². The molecule has 2 aromatic rings. The second-order valence-corrected chi connectivity index (χ2v) is 12.2. The number of benzene rings is 1. The normalized spacial score (nSPS) is 16.5. The molecule has 2 saturated heterocycles. The number of fused-ring (bicyclic) bond motifs is 1. The van der Waals surface area contributed by atoms with Gasteiger partial charge in [0, 0.05) is 57.1 Å². The molecule has 0 unspecified atom stereocenters. The van der Waals surface area contributed by atoms with Crippen LogP contribution in [0.4, 0.5) is 4.79 Å². The average Bonchev–Trinajstić information content (AvgIpc) is 3.61. The van der Waals surface area contributed by atoms with Crippen LogP contribution in [0, 0.1) is 6.92 Å². The highest BCUT2D eigenvalue weighted by molar-refractivity contribution is 5.99. The minimum atomic E-state index is -1.09. The molecule has 15 heteroatoms. The van der Waals surface area contributed by atoms with Gasteiger partial charge in [0.2, 0.25) is 11.8 Å². The first-order valence-corrected chi connectivity index (χ1v) is 17.3. The SMILES string of the molecule is CCCNC(=O)[C@@H]1CCCN1C(=O)COc1cc(C(=O)N[C@@H](CCC(=O)OCC)C(=O)N2CCN(C(=O)OCC)CC2)nc2cc(C)ccc12. The number of aryl methyl sites for hydroxylation is 1. The lowest BCUT2D eigenvalue weighted by Crippen LogP contribution is -2.56. The molecule has 1 aromatic heterocycles. The largest absolute Gasteiger partial charge is 0.483 e. The van der Waals surface area contributed by atoms with Gasteiger partial charge in [0.15, 0.2) is 6.61 Å². The molecule has 50 heavy (non-hydrogen) atoms. The van der Waals surface area contributed by atoms with Crippen molar-refractivity contribution in [2.45, 2.75) is 71.9 Å². The number of piperazine rings is 1. The number of hydrogen-bond donors (Lipinski definition) is 2. The van der Waals surface area contributed by atoms with Gasteiger partial charge in [-0.15, -0.1) is 0 Å². The van der Waals surface area contributed by atoms with Crippen LogP contribution in [-0.4, -0.2) is 127 Å². The molecule has 5 amide bonds. The predicted octanol–water partition coefficient (Wildman–Crippen LogP) is 2.18. The Morgan fingerprint density at radius 2 is 1.66 bits per heavy atom. The van der Waals surface area contributed by atoms with E-state index in [0.717, 1.165) is 12.0 Å². The van der Waals surface area contributed by atoms with Crippen LogP contribution >= 0.6 is 0 Å². The molecular formula is C35H48N6O9. The monoisotopic (exact) mass is 696 g/mol. The molecule has 272 valence electrons. The quantitative estimate of drug-likeness (QED) is 0.279. The van der Waals surface area contributed by atoms with Gasteiger partial charge in [-0.3, -0.25) is 24.0 Å². The summed E-state index contributed by atoms with van der Waals surface area (Å²) in [6.07, 6.45) is 1.47. The van der Waals surface area contributed by atoms with Gasteiger partial charge in [-0.05, 0) is 64.2 Å². The van der Waals surface area contributed by atoms with E-state index >= 15 is 0 Å². The fourth-order valence-electron chi connectivity index (χ4n) is 6.00. The lowest BCUT2D eigenvalue weighted by molar-refractivity contribution is -0.143. The van der Waals surface area contributed by atoms with Crippen molar-refractivity contribution in [2.24, 2.45) is 0 Å². The summed E-state index contributed by atoms with van der Waals surface area (Å²) in [6.45, 7) is 9.22. The van der Waals surface area contributed by atoms with Gasteiger partial charge in [0.1, 0.15) is 23.5 Å². The number of carbonyl (C=O) groups excluding carboxylic acids is 6. The topological polar surface area (TPSA) is 177 Å². The maximum atomic E-state index is 13.8. The van der Waals surface area contributed by atoms with Gasteiger partial charge < -0.3 is 39.5 Å². The molecule has 15 nitrogen and oxygen atoms in total. The van der Waals surface area contributed by atoms with Crippen molar-refractivity contribution in [1.82, 2.24) is 30.3 Å². The Hall–Kier alpha value is -4.95. The predicted molar refractivity (Wildman–Crippen MR) is 182 cm³/mol. The zero-order valence-corrected chi connectivity index (χ0v) is 29.3. The first-order chi connectivity index (χ1) is 24.1. The zero-order valence-electron chi connectivity index (χ0n) is 29.3. The number of esters is 1. The molecule has 2 aliphatic heterocycles. The number of ether oxygens (including phenoxy) is 3. The zero-order chi connectivity index (χ0) is 36.2. The lowest BCUT2D eigenvalue weighted by atomic mass is 10.1. The molecule has 3 heterocycles. The Morgan fingerprint density at radius 3 is 2.36 bits per heavy atom. The van der Waals surface area contributed by atoms with Gasteiger partial charge in [-0.25, -0.2) is 9.78 Å². The van der Waals surface area contributed by atoms with Gasteiger partial charge in [0.25, 0.3) is 11.8 Å². The number of amides is 5. The van der Waals surface area contributed by atoms with Crippen LogP contribution in [0.25, 0.3) is 10.9 Å². The van der Waals surface area contributed by atoms with E-state index in [4.69, 9.17) is 14.2 Å². The third kappa shape index (κ3) is 9.82. The second kappa shape index (κ2) is 18.2. The highest BCUT2D eigenvalue weighted by atomic mass is 16.6. The number of nitrogens with one attached hydrogen (secondary N) is 2. The number of carbonyl (C=O) groups is 6. The summed E-state index contributed by atoms with van der Waals surface area (Å²) in [4.78, 5) is 86.9. The van der Waals surface area contributed by atoms with Crippen LogP contribution in [0.5, 0.6) is 5.75 Å². The summed E-state index contributed by atoms with van der Waals surface area (Å²) in [5.74, 6) is -1.89. The third-order valence-electron chi connectivity index (χ3n) is 8.60. The Labute approximate surface area is 291 Å². The Bertz CT molecular complexity index is 1560. The van der Waals surface area contributed by atoms with E-state index in [2.05, 4.69) is 15.6 Å². The molecule has 0 radical (unpaired) electrons. The lowest BCUT2D eigenvalue weighted by Gasteiger charge is -2.36. The third-order valence-corrected chi connectivity index (χ3v) is 8.60. The Morgan fingerprint density at radius 1 is 0.940 bits per heavy atom. The summed E-state index contributed by atoms with van der Waals surface area (Å²) in [5, 5.41) is 6.19. The minimum Gasteiger partial charge on any atom is -0.483 e. The maximum absolute atomic E-state index is 13.8. The molecule has 1 aromatic carbocycles. The number of nitrogens with zero attached hydrogens (tertiary/aromatic N) is 4. The van der Waals surface area contributed by atoms with Crippen molar-refractivity contribution in [1.29, 1.82) is 0 Å². The highest BCUT2D eigenvalue weighted by Gasteiger charge is 2.35. The number of likely N-dealkylation sites (tertiary alicyclic amines) is 1. The smallest absolute Gasteiger partial charge is 0.409 e. The van der Waals surface area contributed by atoms with E-state index in [9.17, 15) is 28.8 Å². The van der Waals surface area contributed by atoms with Gasteiger partial charge in [-0.1, -0.05) is 13.0 Å². The first kappa shape index (κ1) is 37.9. The molecular weight excluding hydrogens is 648 g/mol. The molecule has 4 rings (SSSR count). The molecule has 2 atom stereocenters. The van der Waals surface area contributed by atoms with Gasteiger partial charge in [0.05, 0.1) is 18.7 Å². The summed E-state index contributed by atoms with van der Waals surface area (Å²) < 4.78 is 16.1. The summed E-state index contributed by atoms with van der Waals surface area (Å²) in [5.41, 5.74) is 1.28. The summed E-state index contributed by atoms with van der Waals surface area (Å²) >= 11 is 0. The molecule has 2 N–H and O–H groups in total. The minimum absolute atomic E-state index is 0.0190. The number of hydrogen-bond acceptors (Lipinski definition) is 10. The number of aromatic nitrogens is 1. The number of rotatable bonds is 14. The van der Waals surface area contributed by atoms with E-state index in [-0.39, 0.29) is 82.1 Å². The van der Waals surface area contributed by atoms with Gasteiger partial charge >= 0.3 is 12.1 Å². The molecule has 0 spiro atoms. The number of pyridine rings is 1. The maximum Gasteiger partial charge on any atom is 0.409 e. The van der Waals surface area contributed by atoms with Crippen molar-refractivity contribution in [3.8, 4) is 5.75 Å². The van der Waals surface area contributed by atoms with E-state index in [1.165, 1.54) is 20.8 Å². The van der Waals surface area contributed by atoms with E-state index in [1.807, 2.05) is 19.9 Å². The van der Waals surface area contributed by atoms with E-state index in [1.54, 1.807) is 26.0 Å². The van der Waals surface area contributed by atoms with Crippen molar-refractivity contribution >= 4 is 46.6 Å². The fourth-order valence-corrected chi connectivity index (χ4v) is 6.00. The van der Waals surface area contributed by atoms with Crippen molar-refractivity contribution < 1.29 is 43.0 Å². The fraction of sp³-hybridized carbons (Fsp3) is 0.571. The second-order valence-electron chi connectivity index (χ2n) is 12.2. The highest BCUT2D eigenvalue weighted by Crippen LogP contribution is 2.27. The standard InChI is InChI=1S/C35H48N6O9/c1-5-14-36-33(45)28-9-8-15-41(28)30(42)22-50-29-21-27(37-26-20-23(4)10-11-24(26)29)32(44)38-25(12-13-31(43)48-6-2)34(46)39-16-18-40(19-17-39)35(47)49-7-3/h10-11,20-21,25,28H,5-9,12-19,22H2,1-4H3,(H,36,45)(H,38,44)/t25-,28-/m0/s1. The summed E-state index contributed by atoms with van der Waals surface area (Å²) in [7, 11) is 0. The van der Waals surface area contributed by atoms with E-state index < -0.39 is 36.0 Å². The molecule has 0 aliphatic carbocycles. The Balaban J connectivity index is 1.52. The van der Waals surface area contributed by atoms with Crippen LogP contribution < -0.4 is 15.4 Å². The van der Waals surface area contributed by atoms with E-state index in [0.29, 0.717) is 36.8 Å². The van der Waals surface area contributed by atoms with Crippen LogP contribution in [0.2, 0.25) is 0 Å². The first-order valence-electron chi connectivity index (χ1n) is 17.3. The Kier molecular flexibility index (Phi) is 13.8. The molecule has 0 saturated carbocycles.